The van der Waals surface area contributed by atoms with E-state index in [9.17, 15) is 4.79 Å². The number of hydrogen-bond donors (Lipinski definition) is 0. The van der Waals surface area contributed by atoms with E-state index in [-0.39, 0.29) is 17.5 Å². The first-order valence-electron chi connectivity index (χ1n) is 21.6. The standard InChI is InChI=1S/C46H80O2/c1-10-11-12-13-14-15-16-17-18-19-20-21-22-23-40(47)48-39-28-30-44(7)37(42(39,4)5)27-31-46(9)38(44)25-24-36-41-35(34(2)3)26-29-43(41,6)32-33-45(36,46)8/h35-39,41H,2,10-33H2,1,3-9H3/t35-,36+,37-,38+,39-,41+,43+,44-,45+,46+/m0/s1. The Morgan fingerprint density at radius 2 is 1.25 bits per heavy atom. The van der Waals surface area contributed by atoms with Gasteiger partial charge in [-0.25, -0.2) is 0 Å². The van der Waals surface area contributed by atoms with Crippen molar-refractivity contribution in [3.8, 4) is 0 Å². The molecule has 0 aliphatic heterocycles. The van der Waals surface area contributed by atoms with E-state index in [1.54, 1.807) is 0 Å². The Kier molecular flexibility index (Phi) is 12.4. The second-order valence-corrected chi connectivity index (χ2v) is 20.2. The van der Waals surface area contributed by atoms with E-state index in [1.165, 1.54) is 140 Å². The van der Waals surface area contributed by atoms with Gasteiger partial charge in [0.1, 0.15) is 6.10 Å². The summed E-state index contributed by atoms with van der Waals surface area (Å²) in [5.74, 6) is 3.89. The van der Waals surface area contributed by atoms with E-state index in [1.807, 2.05) is 0 Å². The van der Waals surface area contributed by atoms with Crippen LogP contribution in [0.25, 0.3) is 0 Å². The van der Waals surface area contributed by atoms with Crippen molar-refractivity contribution >= 4 is 5.97 Å². The van der Waals surface area contributed by atoms with E-state index >= 15 is 0 Å². The largest absolute Gasteiger partial charge is 0.462 e. The predicted octanol–water partition coefficient (Wildman–Crippen LogP) is 14.1. The molecule has 0 heterocycles. The molecule has 0 N–H and O–H groups in total. The number of rotatable bonds is 16. The fourth-order valence-electron chi connectivity index (χ4n) is 14.2. The Morgan fingerprint density at radius 1 is 0.646 bits per heavy atom. The predicted molar refractivity (Wildman–Crippen MR) is 205 cm³/mol. The molecule has 0 aromatic heterocycles. The molecular weight excluding hydrogens is 585 g/mol. The molecule has 0 aromatic rings. The van der Waals surface area contributed by atoms with Gasteiger partial charge in [-0.3, -0.25) is 4.79 Å². The van der Waals surface area contributed by atoms with Crippen LogP contribution in [0.15, 0.2) is 12.2 Å². The number of fused-ring (bicyclic) bond motifs is 7. The van der Waals surface area contributed by atoms with Gasteiger partial charge in [0.25, 0.3) is 0 Å². The third kappa shape index (κ3) is 7.14. The number of carbonyl (C=O) groups is 1. The Morgan fingerprint density at radius 3 is 1.85 bits per heavy atom. The lowest BCUT2D eigenvalue weighted by molar-refractivity contribution is -0.249. The molecule has 2 nitrogen and oxygen atoms in total. The quantitative estimate of drug-likeness (QED) is 0.0932. The van der Waals surface area contributed by atoms with E-state index < -0.39 is 0 Å². The van der Waals surface area contributed by atoms with Gasteiger partial charge < -0.3 is 4.74 Å². The van der Waals surface area contributed by atoms with Gasteiger partial charge in [0, 0.05) is 11.8 Å². The SMILES string of the molecule is C=C(C)[C@@H]1CC[C@]2(C)CC[C@]3(C)[C@H](CC[C@@H]4[C@@]5(C)CC[C@H](OC(=O)CCCCCCCCCCCCCCC)C(C)(C)[C@@H]5CC[C@]43C)[C@@H]12. The molecule has 5 fully saturated rings. The van der Waals surface area contributed by atoms with Gasteiger partial charge in [-0.05, 0) is 129 Å². The first-order chi connectivity index (χ1) is 22.7. The molecule has 48 heavy (non-hydrogen) atoms. The van der Waals surface area contributed by atoms with Crippen molar-refractivity contribution in [2.75, 3.05) is 0 Å². The van der Waals surface area contributed by atoms with Crippen molar-refractivity contribution in [3.05, 3.63) is 12.2 Å². The van der Waals surface area contributed by atoms with Gasteiger partial charge in [-0.2, -0.15) is 0 Å². The molecule has 0 radical (unpaired) electrons. The molecule has 5 saturated carbocycles. The van der Waals surface area contributed by atoms with Crippen molar-refractivity contribution < 1.29 is 9.53 Å². The molecule has 5 rings (SSSR count). The third-order valence-electron chi connectivity index (χ3n) is 17.2. The molecule has 276 valence electrons. The van der Waals surface area contributed by atoms with Crippen LogP contribution in [0.3, 0.4) is 0 Å². The zero-order valence-electron chi connectivity index (χ0n) is 33.5. The minimum Gasteiger partial charge on any atom is -0.462 e. The summed E-state index contributed by atoms with van der Waals surface area (Å²) in [6.45, 7) is 25.0. The van der Waals surface area contributed by atoms with Crippen LogP contribution in [0.4, 0.5) is 0 Å². The summed E-state index contributed by atoms with van der Waals surface area (Å²) in [5, 5.41) is 0. The number of carbonyl (C=O) groups excluding carboxylic acids is 1. The van der Waals surface area contributed by atoms with Crippen molar-refractivity contribution in [3.63, 3.8) is 0 Å². The summed E-state index contributed by atoms with van der Waals surface area (Å²) < 4.78 is 6.42. The van der Waals surface area contributed by atoms with Crippen molar-refractivity contribution in [1.29, 1.82) is 0 Å². The van der Waals surface area contributed by atoms with Crippen LogP contribution in [0, 0.1) is 56.7 Å². The summed E-state index contributed by atoms with van der Waals surface area (Å²) in [6.07, 6.45) is 31.4. The highest BCUT2D eigenvalue weighted by atomic mass is 16.5. The molecule has 0 bridgehead atoms. The first-order valence-corrected chi connectivity index (χ1v) is 21.6. The van der Waals surface area contributed by atoms with E-state index in [0.29, 0.717) is 34.0 Å². The van der Waals surface area contributed by atoms with Gasteiger partial charge >= 0.3 is 5.97 Å². The molecular formula is C46H80O2. The maximum absolute atomic E-state index is 13.2. The van der Waals surface area contributed by atoms with Gasteiger partial charge in [-0.15, -0.1) is 0 Å². The highest BCUT2D eigenvalue weighted by Crippen LogP contribution is 2.77. The summed E-state index contributed by atoms with van der Waals surface area (Å²) in [5.41, 5.74) is 3.19. The zero-order chi connectivity index (χ0) is 34.8. The van der Waals surface area contributed by atoms with Crippen LogP contribution < -0.4 is 0 Å². The van der Waals surface area contributed by atoms with Crippen molar-refractivity contribution in [2.24, 2.45) is 56.7 Å². The molecule has 0 unspecified atom stereocenters. The average Bonchev–Trinajstić information content (AvgIpc) is 3.39. The number of esters is 1. The Bertz CT molecular complexity index is 1090. The molecule has 5 aliphatic carbocycles. The zero-order valence-corrected chi connectivity index (χ0v) is 33.5. The number of ether oxygens (including phenoxy) is 1. The number of unbranched alkanes of at least 4 members (excludes halogenated alkanes) is 12. The van der Waals surface area contributed by atoms with E-state index in [0.717, 1.165) is 36.5 Å². The topological polar surface area (TPSA) is 26.3 Å². The normalized spacial score (nSPS) is 41.5. The maximum Gasteiger partial charge on any atom is 0.306 e. The van der Waals surface area contributed by atoms with Gasteiger partial charge in [0.05, 0.1) is 0 Å². The van der Waals surface area contributed by atoms with Gasteiger partial charge in [-0.1, -0.05) is 138 Å². The molecule has 0 amide bonds. The average molecular weight is 665 g/mol. The van der Waals surface area contributed by atoms with Crippen LogP contribution in [-0.4, -0.2) is 12.1 Å². The minimum absolute atomic E-state index is 0.0411. The lowest BCUT2D eigenvalue weighted by atomic mass is 9.32. The van der Waals surface area contributed by atoms with Crippen molar-refractivity contribution in [1.82, 2.24) is 0 Å². The number of allylic oxidation sites excluding steroid dienone is 1. The lowest BCUT2D eigenvalue weighted by Gasteiger charge is -2.73. The Balaban J connectivity index is 1.11. The molecule has 0 aromatic carbocycles. The highest BCUT2D eigenvalue weighted by molar-refractivity contribution is 5.69. The summed E-state index contributed by atoms with van der Waals surface area (Å²) >= 11 is 0. The first kappa shape index (κ1) is 38.4. The Labute approximate surface area is 299 Å². The fraction of sp³-hybridized carbons (Fsp3) is 0.935. The molecule has 0 spiro atoms. The molecule has 5 aliphatic rings. The monoisotopic (exact) mass is 665 g/mol. The van der Waals surface area contributed by atoms with Gasteiger partial charge in [0.2, 0.25) is 0 Å². The van der Waals surface area contributed by atoms with E-state index in [4.69, 9.17) is 4.74 Å². The van der Waals surface area contributed by atoms with Gasteiger partial charge in [0.15, 0.2) is 0 Å². The van der Waals surface area contributed by atoms with Crippen LogP contribution >= 0.6 is 0 Å². The molecule has 2 heteroatoms. The van der Waals surface area contributed by atoms with Crippen molar-refractivity contribution in [2.45, 2.75) is 216 Å². The fourth-order valence-corrected chi connectivity index (χ4v) is 14.2. The summed E-state index contributed by atoms with van der Waals surface area (Å²) in [4.78, 5) is 13.2. The molecule has 10 atom stereocenters. The smallest absolute Gasteiger partial charge is 0.306 e. The third-order valence-corrected chi connectivity index (χ3v) is 17.2. The Hall–Kier alpha value is -0.790. The van der Waals surface area contributed by atoms with Crippen LogP contribution in [0.2, 0.25) is 0 Å². The second-order valence-electron chi connectivity index (χ2n) is 20.2. The second kappa shape index (κ2) is 15.4. The van der Waals surface area contributed by atoms with Crippen LogP contribution in [0.5, 0.6) is 0 Å². The molecule has 0 saturated heterocycles. The minimum atomic E-state index is 0.0411. The van der Waals surface area contributed by atoms with Crippen LogP contribution in [0.1, 0.15) is 209 Å². The summed E-state index contributed by atoms with van der Waals surface area (Å²) in [6, 6.07) is 0. The number of hydrogen-bond acceptors (Lipinski definition) is 2. The maximum atomic E-state index is 13.2. The van der Waals surface area contributed by atoms with Crippen LogP contribution in [-0.2, 0) is 9.53 Å². The lowest BCUT2D eigenvalue weighted by Crippen LogP contribution is -2.66. The van der Waals surface area contributed by atoms with E-state index in [2.05, 4.69) is 62.0 Å². The summed E-state index contributed by atoms with van der Waals surface area (Å²) in [7, 11) is 0. The highest BCUT2D eigenvalue weighted by Gasteiger charge is 2.70.